The van der Waals surface area contributed by atoms with Crippen molar-refractivity contribution < 1.29 is 28.6 Å². The summed E-state index contributed by atoms with van der Waals surface area (Å²) >= 11 is 0. The van der Waals surface area contributed by atoms with Crippen molar-refractivity contribution in [2.75, 3.05) is 13.2 Å². The van der Waals surface area contributed by atoms with E-state index in [4.69, 9.17) is 14.2 Å². The summed E-state index contributed by atoms with van der Waals surface area (Å²) in [6.45, 7) is 6.66. The van der Waals surface area contributed by atoms with Gasteiger partial charge in [0.05, 0.1) is 0 Å². The molecule has 338 valence electrons. The Labute approximate surface area is 355 Å². The summed E-state index contributed by atoms with van der Waals surface area (Å²) in [5, 5.41) is 0. The molecule has 0 atom stereocenters. The summed E-state index contributed by atoms with van der Waals surface area (Å²) in [4.78, 5) is 37.8. The fraction of sp³-hybridized carbons (Fsp3) is 0.941. The van der Waals surface area contributed by atoms with Crippen LogP contribution in [0.15, 0.2) is 0 Å². The van der Waals surface area contributed by atoms with E-state index in [1.807, 2.05) is 0 Å². The lowest BCUT2D eigenvalue weighted by atomic mass is 10.0. The van der Waals surface area contributed by atoms with E-state index in [-0.39, 0.29) is 31.1 Å². The highest BCUT2D eigenvalue weighted by molar-refractivity contribution is 5.71. The zero-order valence-electron chi connectivity index (χ0n) is 38.6. The number of ether oxygens (including phenoxy) is 3. The zero-order valence-corrected chi connectivity index (χ0v) is 38.6. The zero-order chi connectivity index (χ0) is 41.5. The van der Waals surface area contributed by atoms with Gasteiger partial charge in [0, 0.05) is 19.3 Å². The molecule has 0 bridgehead atoms. The van der Waals surface area contributed by atoms with Gasteiger partial charge in [-0.15, -0.1) is 0 Å². The molecule has 0 saturated carbocycles. The lowest BCUT2D eigenvalue weighted by Gasteiger charge is -2.18. The second-order valence-corrected chi connectivity index (χ2v) is 17.5. The van der Waals surface area contributed by atoms with Crippen LogP contribution in [-0.2, 0) is 28.6 Å². The lowest BCUT2D eigenvalue weighted by Crippen LogP contribution is -2.30. The number of rotatable bonds is 47. The molecule has 0 radical (unpaired) electrons. The predicted octanol–water partition coefficient (Wildman–Crippen LogP) is 16.4. The van der Waals surface area contributed by atoms with E-state index in [9.17, 15) is 14.4 Å². The molecule has 0 spiro atoms. The molecule has 0 heterocycles. The van der Waals surface area contributed by atoms with Gasteiger partial charge in [-0.05, 0) is 19.3 Å². The van der Waals surface area contributed by atoms with E-state index >= 15 is 0 Å². The van der Waals surface area contributed by atoms with Crippen LogP contribution in [0.25, 0.3) is 0 Å². The van der Waals surface area contributed by atoms with Crippen LogP contribution in [0.4, 0.5) is 0 Å². The highest BCUT2D eigenvalue weighted by Crippen LogP contribution is 2.17. The molecule has 0 aromatic rings. The van der Waals surface area contributed by atoms with Gasteiger partial charge in [0.25, 0.3) is 0 Å². The van der Waals surface area contributed by atoms with Gasteiger partial charge in [-0.3, -0.25) is 14.4 Å². The monoisotopic (exact) mass is 807 g/mol. The van der Waals surface area contributed by atoms with Gasteiger partial charge in [-0.1, -0.05) is 252 Å². The second kappa shape index (κ2) is 47.1. The first-order valence-electron chi connectivity index (χ1n) is 25.5. The fourth-order valence-electron chi connectivity index (χ4n) is 7.74. The molecule has 0 aromatic carbocycles. The maximum Gasteiger partial charge on any atom is 0.306 e. The normalized spacial score (nSPS) is 11.4. The Kier molecular flexibility index (Phi) is 45.8. The minimum atomic E-state index is -0.758. The Morgan fingerprint density at radius 1 is 0.281 bits per heavy atom. The Morgan fingerprint density at radius 2 is 0.474 bits per heavy atom. The molecular weight excluding hydrogens is 709 g/mol. The second-order valence-electron chi connectivity index (χ2n) is 17.5. The SMILES string of the molecule is CCCCCCCCCCCCCCCCCCCC(=O)OC(COC(=O)CCCCCCCCCCCCC)COC(=O)CCCCCCCCCCCCC. The first kappa shape index (κ1) is 55.4. The van der Waals surface area contributed by atoms with Crippen molar-refractivity contribution in [1.82, 2.24) is 0 Å². The van der Waals surface area contributed by atoms with Crippen LogP contribution < -0.4 is 0 Å². The van der Waals surface area contributed by atoms with Crippen molar-refractivity contribution in [3.63, 3.8) is 0 Å². The summed E-state index contributed by atoms with van der Waals surface area (Å²) in [6, 6.07) is 0. The molecule has 6 heteroatoms. The number of hydrogen-bond acceptors (Lipinski definition) is 6. The minimum Gasteiger partial charge on any atom is -0.462 e. The summed E-state index contributed by atoms with van der Waals surface area (Å²) in [7, 11) is 0. The van der Waals surface area contributed by atoms with Gasteiger partial charge < -0.3 is 14.2 Å². The molecule has 0 aliphatic carbocycles. The summed E-state index contributed by atoms with van der Waals surface area (Å²) in [5.74, 6) is -0.844. The molecule has 0 N–H and O–H groups in total. The molecule has 0 aliphatic heterocycles. The van der Waals surface area contributed by atoms with Gasteiger partial charge in [0.2, 0.25) is 0 Å². The maximum absolute atomic E-state index is 12.8. The van der Waals surface area contributed by atoms with Crippen molar-refractivity contribution >= 4 is 17.9 Å². The van der Waals surface area contributed by atoms with E-state index in [2.05, 4.69) is 20.8 Å². The van der Waals surface area contributed by atoms with E-state index < -0.39 is 6.10 Å². The number of carbonyl (C=O) groups excluding carboxylic acids is 3. The van der Waals surface area contributed by atoms with Crippen molar-refractivity contribution in [2.24, 2.45) is 0 Å². The molecule has 0 aromatic heterocycles. The Bertz CT molecular complexity index is 802. The van der Waals surface area contributed by atoms with Gasteiger partial charge in [-0.25, -0.2) is 0 Å². The summed E-state index contributed by atoms with van der Waals surface area (Å²) in [6.07, 6.45) is 49.4. The number of unbranched alkanes of at least 4 members (excludes halogenated alkanes) is 36. The maximum atomic E-state index is 12.8. The van der Waals surface area contributed by atoms with E-state index in [0.29, 0.717) is 19.3 Å². The predicted molar refractivity (Wildman–Crippen MR) is 243 cm³/mol. The molecule has 6 nitrogen and oxygen atoms in total. The summed E-state index contributed by atoms with van der Waals surface area (Å²) < 4.78 is 16.8. The van der Waals surface area contributed by atoms with Crippen molar-refractivity contribution in [3.05, 3.63) is 0 Å². The van der Waals surface area contributed by atoms with E-state index in [1.165, 1.54) is 193 Å². The first-order chi connectivity index (χ1) is 28.0. The van der Waals surface area contributed by atoms with E-state index in [0.717, 1.165) is 57.8 Å². The molecule has 0 fully saturated rings. The van der Waals surface area contributed by atoms with Crippen LogP contribution in [0.3, 0.4) is 0 Å². The Balaban J connectivity index is 4.27. The van der Waals surface area contributed by atoms with Crippen molar-refractivity contribution in [2.45, 2.75) is 297 Å². The van der Waals surface area contributed by atoms with Gasteiger partial charge in [0.1, 0.15) is 13.2 Å². The average molecular weight is 807 g/mol. The van der Waals surface area contributed by atoms with Crippen LogP contribution in [0, 0.1) is 0 Å². The number of esters is 3. The van der Waals surface area contributed by atoms with Crippen molar-refractivity contribution in [1.29, 1.82) is 0 Å². The van der Waals surface area contributed by atoms with Crippen LogP contribution >= 0.6 is 0 Å². The molecule has 0 unspecified atom stereocenters. The summed E-state index contributed by atoms with van der Waals surface area (Å²) in [5.41, 5.74) is 0. The third kappa shape index (κ3) is 45.3. The quantitative estimate of drug-likeness (QED) is 0.0346. The Morgan fingerprint density at radius 3 is 0.702 bits per heavy atom. The van der Waals surface area contributed by atoms with E-state index in [1.54, 1.807) is 0 Å². The van der Waals surface area contributed by atoms with Gasteiger partial charge in [-0.2, -0.15) is 0 Å². The topological polar surface area (TPSA) is 78.9 Å². The Hall–Kier alpha value is -1.59. The lowest BCUT2D eigenvalue weighted by molar-refractivity contribution is -0.167. The molecule has 0 rings (SSSR count). The third-order valence-corrected chi connectivity index (χ3v) is 11.6. The highest BCUT2D eigenvalue weighted by Gasteiger charge is 2.19. The van der Waals surface area contributed by atoms with Gasteiger partial charge >= 0.3 is 17.9 Å². The smallest absolute Gasteiger partial charge is 0.306 e. The number of hydrogen-bond donors (Lipinski definition) is 0. The van der Waals surface area contributed by atoms with Crippen LogP contribution in [0.2, 0.25) is 0 Å². The number of carbonyl (C=O) groups is 3. The minimum absolute atomic E-state index is 0.0621. The van der Waals surface area contributed by atoms with Crippen LogP contribution in [0.5, 0.6) is 0 Å². The third-order valence-electron chi connectivity index (χ3n) is 11.6. The molecule has 0 aliphatic rings. The van der Waals surface area contributed by atoms with Gasteiger partial charge in [0.15, 0.2) is 6.10 Å². The largest absolute Gasteiger partial charge is 0.462 e. The molecule has 0 saturated heterocycles. The molecule has 0 amide bonds. The highest BCUT2D eigenvalue weighted by atomic mass is 16.6. The fourth-order valence-corrected chi connectivity index (χ4v) is 7.74. The van der Waals surface area contributed by atoms with Crippen molar-refractivity contribution in [3.8, 4) is 0 Å². The molecule has 57 heavy (non-hydrogen) atoms. The van der Waals surface area contributed by atoms with Crippen LogP contribution in [-0.4, -0.2) is 37.2 Å². The molecular formula is C51H98O6. The first-order valence-corrected chi connectivity index (χ1v) is 25.5. The standard InChI is InChI=1S/C51H98O6/c1-4-7-10-13-16-19-22-23-24-25-26-27-30-33-36-39-42-45-51(54)57-48(46-55-49(52)43-40-37-34-31-28-20-17-14-11-8-5-2)47-56-50(53)44-41-38-35-32-29-21-18-15-12-9-6-3/h48H,4-47H2,1-3H3. The average Bonchev–Trinajstić information content (AvgIpc) is 3.21. The van der Waals surface area contributed by atoms with Crippen LogP contribution in [0.1, 0.15) is 290 Å².